The molecule has 0 atom stereocenters. The fraction of sp³-hybridized carbons (Fsp3) is 0.125. The van der Waals surface area contributed by atoms with Gasteiger partial charge in [-0.25, -0.2) is 8.78 Å². The number of carbonyl (C=O) groups is 2. The molecule has 0 aliphatic carbocycles. The molecule has 2 rings (SSSR count). The number of halogens is 3. The van der Waals surface area contributed by atoms with Crippen molar-refractivity contribution in [3.63, 3.8) is 0 Å². The molecule has 126 valence electrons. The Morgan fingerprint density at radius 2 is 1.79 bits per heavy atom. The quantitative estimate of drug-likeness (QED) is 0.862. The summed E-state index contributed by atoms with van der Waals surface area (Å²) in [5.41, 5.74) is 0.234. The van der Waals surface area contributed by atoms with Crippen molar-refractivity contribution in [2.45, 2.75) is 6.92 Å². The van der Waals surface area contributed by atoms with Crippen molar-refractivity contribution in [1.29, 1.82) is 0 Å². The van der Waals surface area contributed by atoms with Gasteiger partial charge in [-0.05, 0) is 30.3 Å². The Bertz CT molecular complexity index is 784. The summed E-state index contributed by atoms with van der Waals surface area (Å²) in [6.07, 6.45) is 0. The molecule has 2 aromatic carbocycles. The fourth-order valence-electron chi connectivity index (χ4n) is 1.80. The lowest BCUT2D eigenvalue weighted by atomic mass is 10.2. The molecular weight excluding hydrogens is 342 g/mol. The Kier molecular flexibility index (Phi) is 5.70. The van der Waals surface area contributed by atoms with Crippen LogP contribution in [0.15, 0.2) is 36.4 Å². The van der Waals surface area contributed by atoms with Crippen molar-refractivity contribution in [3.8, 4) is 5.75 Å². The number of amides is 2. The molecule has 24 heavy (non-hydrogen) atoms. The van der Waals surface area contributed by atoms with E-state index in [2.05, 4.69) is 10.6 Å². The maximum atomic E-state index is 13.5. The standard InChI is InChI=1S/C16H13ClF2N2O3/c1-9(22)20-15-6-10(2-4-14(15)19)21-16(23)8-24-11-3-5-13(18)12(17)7-11/h2-7H,8H2,1H3,(H,20,22)(H,21,23). The maximum Gasteiger partial charge on any atom is 0.262 e. The van der Waals surface area contributed by atoms with Gasteiger partial charge in [0, 0.05) is 18.7 Å². The number of ether oxygens (including phenoxy) is 1. The minimum Gasteiger partial charge on any atom is -0.484 e. The number of anilines is 2. The third-order valence-electron chi connectivity index (χ3n) is 2.82. The Balaban J connectivity index is 1.96. The zero-order valence-corrected chi connectivity index (χ0v) is 13.3. The molecule has 8 heteroatoms. The molecule has 0 aliphatic heterocycles. The van der Waals surface area contributed by atoms with Crippen LogP contribution < -0.4 is 15.4 Å². The molecular formula is C16H13ClF2N2O3. The predicted molar refractivity (Wildman–Crippen MR) is 86.2 cm³/mol. The van der Waals surface area contributed by atoms with Gasteiger partial charge in [-0.15, -0.1) is 0 Å². The molecule has 2 amide bonds. The van der Waals surface area contributed by atoms with E-state index in [1.54, 1.807) is 0 Å². The first-order valence-corrected chi connectivity index (χ1v) is 7.18. The van der Waals surface area contributed by atoms with E-state index in [0.29, 0.717) is 0 Å². The van der Waals surface area contributed by atoms with Gasteiger partial charge >= 0.3 is 0 Å². The van der Waals surface area contributed by atoms with Gasteiger partial charge in [0.15, 0.2) is 6.61 Å². The first-order chi connectivity index (χ1) is 11.3. The second-order valence-electron chi connectivity index (χ2n) is 4.79. The maximum absolute atomic E-state index is 13.5. The molecule has 0 aromatic heterocycles. The highest BCUT2D eigenvalue weighted by molar-refractivity contribution is 6.30. The van der Waals surface area contributed by atoms with Gasteiger partial charge in [0.2, 0.25) is 5.91 Å². The summed E-state index contributed by atoms with van der Waals surface area (Å²) in [6.45, 7) is 0.890. The van der Waals surface area contributed by atoms with Crippen LogP contribution >= 0.6 is 11.6 Å². The van der Waals surface area contributed by atoms with Gasteiger partial charge in [0.05, 0.1) is 10.7 Å². The summed E-state index contributed by atoms with van der Waals surface area (Å²) in [5, 5.41) is 4.68. The molecule has 0 spiro atoms. The fourth-order valence-corrected chi connectivity index (χ4v) is 1.97. The lowest BCUT2D eigenvalue weighted by molar-refractivity contribution is -0.118. The third-order valence-corrected chi connectivity index (χ3v) is 3.11. The van der Waals surface area contributed by atoms with Crippen LogP contribution in [0.1, 0.15) is 6.92 Å². The molecule has 0 bridgehead atoms. The first-order valence-electron chi connectivity index (χ1n) is 6.80. The summed E-state index contributed by atoms with van der Waals surface area (Å²) in [4.78, 5) is 22.8. The van der Waals surface area contributed by atoms with E-state index >= 15 is 0 Å². The summed E-state index contributed by atoms with van der Waals surface area (Å²) < 4.78 is 31.7. The van der Waals surface area contributed by atoms with Crippen LogP contribution in [0.4, 0.5) is 20.2 Å². The van der Waals surface area contributed by atoms with Crippen LogP contribution in [0.5, 0.6) is 5.75 Å². The Morgan fingerprint density at radius 1 is 1.08 bits per heavy atom. The molecule has 0 radical (unpaired) electrons. The van der Waals surface area contributed by atoms with Crippen LogP contribution in [0.2, 0.25) is 5.02 Å². The van der Waals surface area contributed by atoms with E-state index in [4.69, 9.17) is 16.3 Å². The number of rotatable bonds is 5. The second kappa shape index (κ2) is 7.74. The molecule has 2 aromatic rings. The zero-order valence-electron chi connectivity index (χ0n) is 12.5. The van der Waals surface area contributed by atoms with Crippen LogP contribution in [0.3, 0.4) is 0 Å². The normalized spacial score (nSPS) is 10.2. The van der Waals surface area contributed by atoms with Crippen molar-refractivity contribution in [2.75, 3.05) is 17.2 Å². The highest BCUT2D eigenvalue weighted by atomic mass is 35.5. The average Bonchev–Trinajstić information content (AvgIpc) is 2.51. The van der Waals surface area contributed by atoms with E-state index in [0.717, 1.165) is 12.1 Å². The van der Waals surface area contributed by atoms with Gasteiger partial charge < -0.3 is 15.4 Å². The smallest absolute Gasteiger partial charge is 0.262 e. The summed E-state index contributed by atoms with van der Waals surface area (Å²) >= 11 is 5.61. The monoisotopic (exact) mass is 354 g/mol. The van der Waals surface area contributed by atoms with Crippen molar-refractivity contribution in [3.05, 3.63) is 53.1 Å². The number of carbonyl (C=O) groups excluding carboxylic acids is 2. The molecule has 0 heterocycles. The second-order valence-corrected chi connectivity index (χ2v) is 5.20. The minimum atomic E-state index is -0.625. The van der Waals surface area contributed by atoms with Crippen molar-refractivity contribution in [1.82, 2.24) is 0 Å². The van der Waals surface area contributed by atoms with Gasteiger partial charge in [-0.2, -0.15) is 0 Å². The Labute approximate surface area is 141 Å². The van der Waals surface area contributed by atoms with E-state index in [-0.39, 0.29) is 28.8 Å². The molecule has 0 saturated carbocycles. The van der Waals surface area contributed by atoms with Crippen molar-refractivity contribution >= 4 is 34.8 Å². The van der Waals surface area contributed by atoms with E-state index in [1.807, 2.05) is 0 Å². The lowest BCUT2D eigenvalue weighted by Crippen LogP contribution is -2.20. The molecule has 5 nitrogen and oxygen atoms in total. The number of benzene rings is 2. The van der Waals surface area contributed by atoms with Gasteiger partial charge in [0.1, 0.15) is 17.4 Å². The van der Waals surface area contributed by atoms with Crippen molar-refractivity contribution in [2.24, 2.45) is 0 Å². The molecule has 0 aliphatic rings. The van der Waals surface area contributed by atoms with Crippen LogP contribution in [0, 0.1) is 11.6 Å². The number of nitrogens with one attached hydrogen (secondary N) is 2. The molecule has 0 unspecified atom stereocenters. The summed E-state index contributed by atoms with van der Waals surface area (Å²) in [6, 6.07) is 7.44. The SMILES string of the molecule is CC(=O)Nc1cc(NC(=O)COc2ccc(F)c(Cl)c2)ccc1F. The summed E-state index contributed by atoms with van der Waals surface area (Å²) in [7, 11) is 0. The van der Waals surface area contributed by atoms with Crippen LogP contribution in [-0.4, -0.2) is 18.4 Å². The average molecular weight is 355 g/mol. The van der Waals surface area contributed by atoms with Gasteiger partial charge in [-0.1, -0.05) is 11.6 Å². The number of hydrogen-bond acceptors (Lipinski definition) is 3. The highest BCUT2D eigenvalue weighted by Crippen LogP contribution is 2.22. The summed E-state index contributed by atoms with van der Waals surface area (Å²) in [5.74, 6) is -1.94. The van der Waals surface area contributed by atoms with Crippen LogP contribution in [-0.2, 0) is 9.59 Å². The topological polar surface area (TPSA) is 67.4 Å². The molecule has 2 N–H and O–H groups in total. The van der Waals surface area contributed by atoms with E-state index in [1.165, 1.54) is 31.2 Å². The lowest BCUT2D eigenvalue weighted by Gasteiger charge is -2.10. The Hall–Kier alpha value is -2.67. The predicted octanol–water partition coefficient (Wildman–Crippen LogP) is 3.59. The first kappa shape index (κ1) is 17.7. The Morgan fingerprint density at radius 3 is 2.46 bits per heavy atom. The molecule has 0 saturated heterocycles. The molecule has 0 fully saturated rings. The van der Waals surface area contributed by atoms with Crippen molar-refractivity contribution < 1.29 is 23.1 Å². The minimum absolute atomic E-state index is 0.0495. The highest BCUT2D eigenvalue weighted by Gasteiger charge is 2.09. The number of hydrogen-bond donors (Lipinski definition) is 2. The van der Waals surface area contributed by atoms with Gasteiger partial charge in [0.25, 0.3) is 5.91 Å². The largest absolute Gasteiger partial charge is 0.484 e. The third kappa shape index (κ3) is 4.92. The van der Waals surface area contributed by atoms with E-state index in [9.17, 15) is 18.4 Å². The zero-order chi connectivity index (χ0) is 17.7. The van der Waals surface area contributed by atoms with Crippen LogP contribution in [0.25, 0.3) is 0 Å². The van der Waals surface area contributed by atoms with Gasteiger partial charge in [-0.3, -0.25) is 9.59 Å². The van der Waals surface area contributed by atoms with E-state index < -0.39 is 23.4 Å².